The highest BCUT2D eigenvalue weighted by molar-refractivity contribution is 5.97. The van der Waals surface area contributed by atoms with Crippen molar-refractivity contribution in [2.75, 3.05) is 31.1 Å². The van der Waals surface area contributed by atoms with Gasteiger partial charge in [-0.15, -0.1) is 0 Å². The van der Waals surface area contributed by atoms with Crippen molar-refractivity contribution >= 4 is 11.6 Å². The van der Waals surface area contributed by atoms with E-state index >= 15 is 0 Å². The summed E-state index contributed by atoms with van der Waals surface area (Å²) >= 11 is 0. The lowest BCUT2D eigenvalue weighted by Crippen LogP contribution is -2.49. The van der Waals surface area contributed by atoms with Gasteiger partial charge in [0.15, 0.2) is 0 Å². The fraction of sp³-hybridized carbons (Fsp3) is 0.412. The first kappa shape index (κ1) is 14.6. The van der Waals surface area contributed by atoms with Gasteiger partial charge >= 0.3 is 0 Å². The molecule has 0 aliphatic carbocycles. The molecule has 3 rings (SSSR count). The molecule has 116 valence electrons. The van der Waals surface area contributed by atoms with E-state index in [1.807, 2.05) is 37.8 Å². The molecule has 0 aromatic carbocycles. The van der Waals surface area contributed by atoms with Crippen LogP contribution in [0.1, 0.15) is 27.4 Å². The van der Waals surface area contributed by atoms with Crippen molar-refractivity contribution in [3.05, 3.63) is 47.2 Å². The Morgan fingerprint density at radius 3 is 2.23 bits per heavy atom. The topological polar surface area (TPSA) is 49.6 Å². The van der Waals surface area contributed by atoms with E-state index in [2.05, 4.69) is 9.88 Å². The molecule has 0 bridgehead atoms. The maximum atomic E-state index is 12.7. The van der Waals surface area contributed by atoms with Gasteiger partial charge in [0.25, 0.3) is 5.91 Å². The van der Waals surface area contributed by atoms with E-state index in [-0.39, 0.29) is 5.91 Å². The summed E-state index contributed by atoms with van der Waals surface area (Å²) in [5, 5.41) is 0. The third kappa shape index (κ3) is 2.58. The summed E-state index contributed by atoms with van der Waals surface area (Å²) in [5.41, 5.74) is 2.85. The van der Waals surface area contributed by atoms with Crippen molar-refractivity contribution in [3.63, 3.8) is 0 Å². The van der Waals surface area contributed by atoms with E-state index in [1.54, 1.807) is 12.4 Å². The molecule has 5 heteroatoms. The van der Waals surface area contributed by atoms with Gasteiger partial charge in [-0.2, -0.15) is 0 Å². The van der Waals surface area contributed by atoms with Crippen molar-refractivity contribution in [2.45, 2.75) is 20.8 Å². The van der Waals surface area contributed by atoms with Crippen LogP contribution in [-0.2, 0) is 0 Å². The van der Waals surface area contributed by atoms with Gasteiger partial charge in [-0.05, 0) is 32.9 Å². The quantitative estimate of drug-likeness (QED) is 0.855. The number of rotatable bonds is 2. The molecule has 0 atom stereocenters. The van der Waals surface area contributed by atoms with Gasteiger partial charge in [0.05, 0.1) is 5.56 Å². The van der Waals surface area contributed by atoms with Gasteiger partial charge in [0.1, 0.15) is 11.5 Å². The van der Waals surface area contributed by atoms with Crippen molar-refractivity contribution in [3.8, 4) is 0 Å². The highest BCUT2D eigenvalue weighted by atomic mass is 16.3. The molecule has 0 saturated carbocycles. The van der Waals surface area contributed by atoms with Crippen molar-refractivity contribution in [2.24, 2.45) is 0 Å². The van der Waals surface area contributed by atoms with Gasteiger partial charge in [-0.25, -0.2) is 0 Å². The van der Waals surface area contributed by atoms with Gasteiger partial charge in [-0.3, -0.25) is 9.78 Å². The lowest BCUT2D eigenvalue weighted by molar-refractivity contribution is 0.0744. The number of furan rings is 1. The Morgan fingerprint density at radius 1 is 1.05 bits per heavy atom. The third-order valence-corrected chi connectivity index (χ3v) is 4.37. The Balaban J connectivity index is 1.70. The first-order chi connectivity index (χ1) is 10.6. The fourth-order valence-electron chi connectivity index (χ4n) is 2.99. The molecule has 2 aromatic heterocycles. The molecule has 0 unspecified atom stereocenters. The van der Waals surface area contributed by atoms with E-state index < -0.39 is 0 Å². The number of pyridine rings is 1. The average Bonchev–Trinajstić information content (AvgIpc) is 2.80. The Kier molecular flexibility index (Phi) is 3.88. The number of aromatic nitrogens is 1. The minimum atomic E-state index is 0.0845. The smallest absolute Gasteiger partial charge is 0.257 e. The molecule has 2 aromatic rings. The number of piperazine rings is 1. The van der Waals surface area contributed by atoms with Crippen LogP contribution in [0.5, 0.6) is 0 Å². The van der Waals surface area contributed by atoms with Crippen molar-refractivity contribution < 1.29 is 9.21 Å². The number of hydrogen-bond donors (Lipinski definition) is 0. The lowest BCUT2D eigenvalue weighted by Gasteiger charge is -2.36. The third-order valence-electron chi connectivity index (χ3n) is 4.37. The van der Waals surface area contributed by atoms with Crippen LogP contribution in [0.3, 0.4) is 0 Å². The summed E-state index contributed by atoms with van der Waals surface area (Å²) in [5.74, 6) is 1.63. The highest BCUT2D eigenvalue weighted by Gasteiger charge is 2.26. The fourth-order valence-corrected chi connectivity index (χ4v) is 2.99. The first-order valence-electron chi connectivity index (χ1n) is 7.58. The van der Waals surface area contributed by atoms with Crippen LogP contribution in [0.4, 0.5) is 5.69 Å². The molecule has 1 aliphatic heterocycles. The zero-order valence-electron chi connectivity index (χ0n) is 13.3. The van der Waals surface area contributed by atoms with Gasteiger partial charge in [-0.1, -0.05) is 0 Å². The van der Waals surface area contributed by atoms with E-state index in [4.69, 9.17) is 4.42 Å². The molecular formula is C17H21N3O2. The Hall–Kier alpha value is -2.30. The molecule has 1 saturated heterocycles. The number of amides is 1. The summed E-state index contributed by atoms with van der Waals surface area (Å²) in [4.78, 5) is 21.0. The van der Waals surface area contributed by atoms with Gasteiger partial charge in [0, 0.05) is 49.8 Å². The first-order valence-corrected chi connectivity index (χ1v) is 7.58. The standard InChI is InChI=1S/C17H21N3O2/c1-12-13(2)22-14(3)16(12)17(21)20-10-8-19(9-11-20)15-4-6-18-7-5-15/h4-7H,8-11H2,1-3H3. The molecule has 0 radical (unpaired) electrons. The van der Waals surface area contributed by atoms with Crippen molar-refractivity contribution in [1.82, 2.24) is 9.88 Å². The number of hydrogen-bond acceptors (Lipinski definition) is 4. The second kappa shape index (κ2) is 5.83. The molecule has 0 N–H and O–H groups in total. The SMILES string of the molecule is Cc1oc(C)c(C(=O)N2CCN(c3ccncc3)CC2)c1C. The minimum absolute atomic E-state index is 0.0845. The van der Waals surface area contributed by atoms with Crippen molar-refractivity contribution in [1.29, 1.82) is 0 Å². The minimum Gasteiger partial charge on any atom is -0.466 e. The van der Waals surface area contributed by atoms with E-state index in [9.17, 15) is 4.79 Å². The van der Waals surface area contributed by atoms with Gasteiger partial charge < -0.3 is 14.2 Å². The van der Waals surface area contributed by atoms with E-state index in [1.165, 1.54) is 0 Å². The number of carbonyl (C=O) groups excluding carboxylic acids is 1. The summed E-state index contributed by atoms with van der Waals surface area (Å²) in [6, 6.07) is 4.01. The second-order valence-electron chi connectivity index (χ2n) is 5.70. The number of nitrogens with zero attached hydrogens (tertiary/aromatic N) is 3. The van der Waals surface area contributed by atoms with Crippen LogP contribution in [0.25, 0.3) is 0 Å². The zero-order chi connectivity index (χ0) is 15.7. The van der Waals surface area contributed by atoms with Crippen LogP contribution in [0.2, 0.25) is 0 Å². The maximum absolute atomic E-state index is 12.7. The molecular weight excluding hydrogens is 278 g/mol. The number of carbonyl (C=O) groups is 1. The largest absolute Gasteiger partial charge is 0.466 e. The molecule has 0 spiro atoms. The van der Waals surface area contributed by atoms with Crippen LogP contribution in [0, 0.1) is 20.8 Å². The maximum Gasteiger partial charge on any atom is 0.257 e. The summed E-state index contributed by atoms with van der Waals surface area (Å²) < 4.78 is 5.58. The predicted molar refractivity (Wildman–Crippen MR) is 85.3 cm³/mol. The van der Waals surface area contributed by atoms with E-state index in [0.717, 1.165) is 54.5 Å². The molecule has 3 heterocycles. The zero-order valence-corrected chi connectivity index (χ0v) is 13.3. The molecule has 22 heavy (non-hydrogen) atoms. The molecule has 5 nitrogen and oxygen atoms in total. The summed E-state index contributed by atoms with van der Waals surface area (Å²) in [6.07, 6.45) is 3.60. The number of anilines is 1. The van der Waals surface area contributed by atoms with Crippen LogP contribution in [-0.4, -0.2) is 42.0 Å². The molecule has 1 aliphatic rings. The Morgan fingerprint density at radius 2 is 1.68 bits per heavy atom. The normalized spacial score (nSPS) is 15.2. The second-order valence-corrected chi connectivity index (χ2v) is 5.70. The lowest BCUT2D eigenvalue weighted by atomic mass is 10.1. The van der Waals surface area contributed by atoms with Gasteiger partial charge in [0.2, 0.25) is 0 Å². The van der Waals surface area contributed by atoms with E-state index in [0.29, 0.717) is 0 Å². The Labute approximate surface area is 130 Å². The Bertz CT molecular complexity index is 671. The molecule has 1 amide bonds. The predicted octanol–water partition coefficient (Wildman–Crippen LogP) is 2.56. The monoisotopic (exact) mass is 299 g/mol. The van der Waals surface area contributed by atoms with Crippen LogP contribution in [0.15, 0.2) is 28.9 Å². The average molecular weight is 299 g/mol. The summed E-state index contributed by atoms with van der Waals surface area (Å²) in [6.45, 7) is 8.84. The van der Waals surface area contributed by atoms with Crippen LogP contribution >= 0.6 is 0 Å². The highest BCUT2D eigenvalue weighted by Crippen LogP contribution is 2.23. The van der Waals surface area contributed by atoms with Crippen LogP contribution < -0.4 is 4.90 Å². The summed E-state index contributed by atoms with van der Waals surface area (Å²) in [7, 11) is 0. The number of aryl methyl sites for hydroxylation is 2. The molecule has 1 fully saturated rings.